The molecule has 44 heavy (non-hydrogen) atoms. The Kier molecular flexibility index (Phi) is 29.8. The van der Waals surface area contributed by atoms with E-state index in [9.17, 15) is 5.11 Å². The van der Waals surface area contributed by atoms with E-state index >= 15 is 0 Å². The Morgan fingerprint density at radius 1 is 0.364 bits per heavy atom. The van der Waals surface area contributed by atoms with Gasteiger partial charge < -0.3 is 5.11 Å². The van der Waals surface area contributed by atoms with E-state index in [1.165, 1.54) is 222 Å². The molecular weight excluding hydrogens is 532 g/mol. The van der Waals surface area contributed by atoms with Crippen molar-refractivity contribution in [1.82, 2.24) is 0 Å². The first kappa shape index (κ1) is 41.0. The Bertz CT molecular complexity index is 722. The van der Waals surface area contributed by atoms with Gasteiger partial charge in [-0.2, -0.15) is 0 Å². The van der Waals surface area contributed by atoms with Crippen LogP contribution in [0.15, 0.2) is 12.1 Å². The van der Waals surface area contributed by atoms with Crippen LogP contribution in [0.1, 0.15) is 236 Å². The number of phenolic OH excluding ortho intramolecular Hbond substituents is 1. The van der Waals surface area contributed by atoms with E-state index in [0.29, 0.717) is 5.75 Å². The fourth-order valence-corrected chi connectivity index (χ4v) is 7.02. The maximum absolute atomic E-state index is 11.0. The molecule has 1 nitrogen and oxygen atoms in total. The van der Waals surface area contributed by atoms with E-state index in [1.807, 2.05) is 0 Å². The number of hydrogen-bond acceptors (Lipinski definition) is 1. The van der Waals surface area contributed by atoms with Gasteiger partial charge in [0, 0.05) is 0 Å². The highest BCUT2D eigenvalue weighted by Gasteiger charge is 2.10. The highest BCUT2D eigenvalue weighted by molar-refractivity contribution is 5.45. The number of unbranched alkanes of at least 4 members (excludes halogenated alkanes) is 30. The van der Waals surface area contributed by atoms with E-state index < -0.39 is 0 Å². The Morgan fingerprint density at radius 2 is 0.636 bits per heavy atom. The van der Waals surface area contributed by atoms with Crippen molar-refractivity contribution in [3.63, 3.8) is 0 Å². The van der Waals surface area contributed by atoms with Crippen molar-refractivity contribution < 1.29 is 5.11 Å². The van der Waals surface area contributed by atoms with E-state index in [2.05, 4.69) is 32.9 Å². The first-order valence-corrected chi connectivity index (χ1v) is 20.5. The molecule has 0 aromatic heterocycles. The lowest BCUT2D eigenvalue weighted by Gasteiger charge is -2.13. The van der Waals surface area contributed by atoms with Gasteiger partial charge in [-0.15, -0.1) is 0 Å². The zero-order valence-corrected chi connectivity index (χ0v) is 30.6. The topological polar surface area (TPSA) is 20.2 Å². The number of rotatable bonds is 34. The summed E-state index contributed by atoms with van der Waals surface area (Å²) in [5.74, 6) is 0.618. The number of aromatic hydroxyl groups is 1. The molecule has 0 radical (unpaired) electrons. The van der Waals surface area contributed by atoms with Crippen LogP contribution in [-0.4, -0.2) is 5.11 Å². The molecule has 0 aliphatic heterocycles. The van der Waals surface area contributed by atoms with Gasteiger partial charge in [0.1, 0.15) is 5.75 Å². The zero-order valence-electron chi connectivity index (χ0n) is 30.6. The predicted molar refractivity (Wildman–Crippen MR) is 199 cm³/mol. The molecule has 0 heterocycles. The van der Waals surface area contributed by atoms with E-state index in [1.54, 1.807) is 0 Å². The molecule has 0 unspecified atom stereocenters. The van der Waals surface area contributed by atoms with Gasteiger partial charge in [-0.05, 0) is 49.3 Å². The molecule has 0 fully saturated rings. The van der Waals surface area contributed by atoms with Crippen molar-refractivity contribution in [2.45, 2.75) is 239 Å². The van der Waals surface area contributed by atoms with Gasteiger partial charge >= 0.3 is 0 Å². The summed E-state index contributed by atoms with van der Waals surface area (Å²) >= 11 is 0. The second-order valence-electron chi connectivity index (χ2n) is 14.5. The number of hydrogen-bond donors (Lipinski definition) is 1. The maximum Gasteiger partial charge on any atom is 0.122 e. The van der Waals surface area contributed by atoms with Gasteiger partial charge in [0.2, 0.25) is 0 Å². The van der Waals surface area contributed by atoms with Gasteiger partial charge in [0.25, 0.3) is 0 Å². The standard InChI is InChI=1S/C43H80O/c1-4-6-8-10-12-14-16-18-20-22-24-26-28-30-32-34-36-41-39-38-40(3)42(43(41)44)37-35-33-31-29-27-25-23-21-19-17-15-13-11-9-7-5-2/h38-39,44H,4-37H2,1-3H3. The quantitative estimate of drug-likeness (QED) is 0.0768. The second kappa shape index (κ2) is 32.0. The molecule has 0 aliphatic rings. The smallest absolute Gasteiger partial charge is 0.122 e. The minimum absolute atomic E-state index is 0.618. The minimum Gasteiger partial charge on any atom is -0.507 e. The van der Waals surface area contributed by atoms with E-state index in [-0.39, 0.29) is 0 Å². The van der Waals surface area contributed by atoms with Crippen LogP contribution in [0.5, 0.6) is 5.75 Å². The lowest BCUT2D eigenvalue weighted by Crippen LogP contribution is -1.96. The van der Waals surface area contributed by atoms with Gasteiger partial charge in [-0.3, -0.25) is 0 Å². The summed E-state index contributed by atoms with van der Waals surface area (Å²) in [6.07, 6.45) is 47.1. The van der Waals surface area contributed by atoms with Crippen LogP contribution in [0.2, 0.25) is 0 Å². The van der Waals surface area contributed by atoms with Crippen LogP contribution in [0, 0.1) is 6.92 Å². The Morgan fingerprint density at radius 3 is 0.955 bits per heavy atom. The molecule has 1 aromatic rings. The predicted octanol–water partition coefficient (Wildman–Crippen LogP) is 15.3. The van der Waals surface area contributed by atoms with Crippen LogP contribution in [0.3, 0.4) is 0 Å². The number of benzene rings is 1. The van der Waals surface area contributed by atoms with Crippen molar-refractivity contribution in [3.05, 3.63) is 28.8 Å². The van der Waals surface area contributed by atoms with Gasteiger partial charge in [-0.25, -0.2) is 0 Å². The highest BCUT2D eigenvalue weighted by atomic mass is 16.3. The molecule has 1 N–H and O–H groups in total. The van der Waals surface area contributed by atoms with Crippen molar-refractivity contribution >= 4 is 0 Å². The molecular formula is C43H80O. The Balaban J connectivity index is 1.98. The first-order chi connectivity index (χ1) is 21.7. The zero-order chi connectivity index (χ0) is 31.8. The molecule has 0 spiro atoms. The fraction of sp³-hybridized carbons (Fsp3) is 0.860. The summed E-state index contributed by atoms with van der Waals surface area (Å²) in [5, 5.41) is 11.0. The van der Waals surface area contributed by atoms with Gasteiger partial charge in [-0.1, -0.05) is 219 Å². The third kappa shape index (κ3) is 24.3. The summed E-state index contributed by atoms with van der Waals surface area (Å²) in [6, 6.07) is 4.44. The number of aryl methyl sites for hydroxylation is 2. The maximum atomic E-state index is 11.0. The van der Waals surface area contributed by atoms with E-state index in [0.717, 1.165) is 12.8 Å². The van der Waals surface area contributed by atoms with Crippen LogP contribution in [0.25, 0.3) is 0 Å². The summed E-state index contributed by atoms with van der Waals surface area (Å²) in [5.41, 5.74) is 3.69. The first-order valence-electron chi connectivity index (χ1n) is 20.5. The lowest BCUT2D eigenvalue weighted by molar-refractivity contribution is 0.455. The van der Waals surface area contributed by atoms with Crippen molar-refractivity contribution in [2.24, 2.45) is 0 Å². The molecule has 0 aliphatic carbocycles. The van der Waals surface area contributed by atoms with Crippen LogP contribution >= 0.6 is 0 Å². The van der Waals surface area contributed by atoms with E-state index in [4.69, 9.17) is 0 Å². The SMILES string of the molecule is CCCCCCCCCCCCCCCCCCc1ccc(C)c(CCCCCCCCCCCCCCCCCC)c1O. The van der Waals surface area contributed by atoms with Crippen LogP contribution < -0.4 is 0 Å². The summed E-state index contributed by atoms with van der Waals surface area (Å²) in [7, 11) is 0. The monoisotopic (exact) mass is 613 g/mol. The summed E-state index contributed by atoms with van der Waals surface area (Å²) in [6.45, 7) is 6.78. The van der Waals surface area contributed by atoms with Crippen molar-refractivity contribution in [1.29, 1.82) is 0 Å². The largest absolute Gasteiger partial charge is 0.507 e. The Labute approximate surface area is 278 Å². The fourth-order valence-electron chi connectivity index (χ4n) is 7.02. The van der Waals surface area contributed by atoms with Crippen molar-refractivity contribution in [2.75, 3.05) is 0 Å². The van der Waals surface area contributed by atoms with Crippen LogP contribution in [0.4, 0.5) is 0 Å². The second-order valence-corrected chi connectivity index (χ2v) is 14.5. The molecule has 0 saturated carbocycles. The molecule has 0 saturated heterocycles. The van der Waals surface area contributed by atoms with Crippen molar-refractivity contribution in [3.8, 4) is 5.75 Å². The normalized spacial score (nSPS) is 11.5. The number of phenols is 1. The van der Waals surface area contributed by atoms with Gasteiger partial charge in [0.05, 0.1) is 0 Å². The van der Waals surface area contributed by atoms with Gasteiger partial charge in [0.15, 0.2) is 0 Å². The average molecular weight is 613 g/mol. The van der Waals surface area contributed by atoms with Crippen LogP contribution in [-0.2, 0) is 12.8 Å². The third-order valence-corrected chi connectivity index (χ3v) is 10.2. The summed E-state index contributed by atoms with van der Waals surface area (Å²) < 4.78 is 0. The molecule has 1 heteroatoms. The third-order valence-electron chi connectivity index (χ3n) is 10.2. The molecule has 0 bridgehead atoms. The molecule has 1 rings (SSSR count). The molecule has 0 amide bonds. The lowest BCUT2D eigenvalue weighted by atomic mass is 9.95. The highest BCUT2D eigenvalue weighted by Crippen LogP contribution is 2.29. The average Bonchev–Trinajstić information content (AvgIpc) is 3.03. The molecule has 0 atom stereocenters. The Hall–Kier alpha value is -0.980. The molecule has 258 valence electrons. The summed E-state index contributed by atoms with van der Waals surface area (Å²) in [4.78, 5) is 0. The minimum atomic E-state index is 0.618. The molecule has 1 aromatic carbocycles.